The summed E-state index contributed by atoms with van der Waals surface area (Å²) in [6.45, 7) is 2.85. The molecular weight excluding hydrogens is 250 g/mol. The van der Waals surface area contributed by atoms with Crippen LogP contribution in [0.1, 0.15) is 30.2 Å². The molecule has 3 heteroatoms. The van der Waals surface area contributed by atoms with Crippen LogP contribution in [0, 0.1) is 0 Å². The van der Waals surface area contributed by atoms with Crippen LogP contribution in [0.25, 0.3) is 0 Å². The Bertz CT molecular complexity index is 526. The van der Waals surface area contributed by atoms with E-state index in [1.165, 1.54) is 5.56 Å². The molecule has 0 atom stereocenters. The molecule has 0 aliphatic rings. The smallest absolute Gasteiger partial charge is 0.122 e. The summed E-state index contributed by atoms with van der Waals surface area (Å²) in [4.78, 5) is 4.35. The van der Waals surface area contributed by atoms with Crippen LogP contribution in [-0.2, 0) is 12.8 Å². The van der Waals surface area contributed by atoms with Crippen molar-refractivity contribution in [3.05, 3.63) is 59.4 Å². The second kappa shape index (κ2) is 7.65. The van der Waals surface area contributed by atoms with Gasteiger partial charge >= 0.3 is 0 Å². The fourth-order valence-corrected chi connectivity index (χ4v) is 2.19. The van der Waals surface area contributed by atoms with Crippen molar-refractivity contribution < 1.29 is 9.84 Å². The maximum absolute atomic E-state index is 8.95. The van der Waals surface area contributed by atoms with Crippen LogP contribution < -0.4 is 4.74 Å². The van der Waals surface area contributed by atoms with Gasteiger partial charge in [-0.05, 0) is 49.1 Å². The average Bonchev–Trinajstić information content (AvgIpc) is 2.48. The fourth-order valence-electron chi connectivity index (χ4n) is 2.19. The average molecular weight is 271 g/mol. The fraction of sp³-hybridized carbons (Fsp3) is 0.353. The molecule has 1 heterocycles. The summed E-state index contributed by atoms with van der Waals surface area (Å²) < 4.78 is 5.71. The van der Waals surface area contributed by atoms with Crippen molar-refractivity contribution in [1.82, 2.24) is 4.98 Å². The third-order valence-electron chi connectivity index (χ3n) is 3.15. The summed E-state index contributed by atoms with van der Waals surface area (Å²) in [6.07, 6.45) is 4.23. The molecule has 20 heavy (non-hydrogen) atoms. The number of aryl methyl sites for hydroxylation is 1. The molecule has 106 valence electrons. The van der Waals surface area contributed by atoms with Gasteiger partial charge in [0.15, 0.2) is 0 Å². The molecule has 0 unspecified atom stereocenters. The summed E-state index contributed by atoms with van der Waals surface area (Å²) in [5.74, 6) is 0.925. The van der Waals surface area contributed by atoms with Gasteiger partial charge in [-0.3, -0.25) is 4.98 Å². The number of aliphatic hydroxyl groups is 1. The molecule has 0 aliphatic carbocycles. The van der Waals surface area contributed by atoms with Crippen LogP contribution in [-0.4, -0.2) is 23.3 Å². The molecule has 2 rings (SSSR count). The predicted octanol–water partition coefficient (Wildman–Crippen LogP) is 3.00. The molecule has 1 aromatic carbocycles. The minimum atomic E-state index is 0.210. The number of hydrogen-bond donors (Lipinski definition) is 1. The van der Waals surface area contributed by atoms with E-state index < -0.39 is 0 Å². The topological polar surface area (TPSA) is 42.4 Å². The molecular formula is C17H21NO2. The second-order valence-corrected chi connectivity index (χ2v) is 4.70. The highest BCUT2D eigenvalue weighted by molar-refractivity contribution is 5.39. The van der Waals surface area contributed by atoms with Gasteiger partial charge in [0.1, 0.15) is 5.75 Å². The third-order valence-corrected chi connectivity index (χ3v) is 3.15. The summed E-state index contributed by atoms with van der Waals surface area (Å²) in [7, 11) is 0. The van der Waals surface area contributed by atoms with Crippen molar-refractivity contribution in [2.75, 3.05) is 13.2 Å². The number of benzene rings is 1. The summed E-state index contributed by atoms with van der Waals surface area (Å²) in [5, 5.41) is 8.95. The zero-order chi connectivity index (χ0) is 14.2. The molecule has 3 nitrogen and oxygen atoms in total. The summed E-state index contributed by atoms with van der Waals surface area (Å²) in [6, 6.07) is 12.3. The molecule has 0 saturated carbocycles. The first kappa shape index (κ1) is 14.5. The zero-order valence-electron chi connectivity index (χ0n) is 11.9. The molecule has 0 spiro atoms. The number of nitrogens with zero attached hydrogens (tertiary/aromatic N) is 1. The molecule has 1 N–H and O–H groups in total. The first-order valence-electron chi connectivity index (χ1n) is 7.09. The van der Waals surface area contributed by atoms with E-state index >= 15 is 0 Å². The van der Waals surface area contributed by atoms with Crippen molar-refractivity contribution >= 4 is 0 Å². The van der Waals surface area contributed by atoms with Crippen LogP contribution in [0.3, 0.4) is 0 Å². The molecule has 0 bridgehead atoms. The van der Waals surface area contributed by atoms with Crippen LogP contribution in [0.4, 0.5) is 0 Å². The number of pyridine rings is 1. The Labute approximate surface area is 120 Å². The lowest BCUT2D eigenvalue weighted by molar-refractivity contribution is 0.286. The maximum Gasteiger partial charge on any atom is 0.122 e. The summed E-state index contributed by atoms with van der Waals surface area (Å²) in [5.41, 5.74) is 3.41. The van der Waals surface area contributed by atoms with E-state index in [0.717, 1.165) is 36.3 Å². The lowest BCUT2D eigenvalue weighted by atomic mass is 10.0. The van der Waals surface area contributed by atoms with Crippen LogP contribution >= 0.6 is 0 Å². The molecule has 1 aromatic heterocycles. The maximum atomic E-state index is 8.95. The number of hydrogen-bond acceptors (Lipinski definition) is 3. The number of rotatable bonds is 7. The minimum Gasteiger partial charge on any atom is -0.494 e. The van der Waals surface area contributed by atoms with E-state index in [1.54, 1.807) is 0 Å². The number of aromatic nitrogens is 1. The number of aliphatic hydroxyl groups excluding tert-OH is 1. The van der Waals surface area contributed by atoms with E-state index in [1.807, 2.05) is 31.3 Å². The Hall–Kier alpha value is -1.87. The van der Waals surface area contributed by atoms with Gasteiger partial charge in [0, 0.05) is 24.9 Å². The highest BCUT2D eigenvalue weighted by atomic mass is 16.5. The van der Waals surface area contributed by atoms with Gasteiger partial charge in [0.05, 0.1) is 6.61 Å². The minimum absolute atomic E-state index is 0.210. The molecule has 0 aliphatic heterocycles. The highest BCUT2D eigenvalue weighted by Gasteiger charge is 2.06. The molecule has 0 amide bonds. The molecule has 0 saturated heterocycles. The van der Waals surface area contributed by atoms with Gasteiger partial charge in [-0.2, -0.15) is 0 Å². The van der Waals surface area contributed by atoms with Gasteiger partial charge in [0.2, 0.25) is 0 Å². The van der Waals surface area contributed by atoms with E-state index in [4.69, 9.17) is 9.84 Å². The molecule has 2 aromatic rings. The lowest BCUT2D eigenvalue weighted by Crippen LogP contribution is -2.00. The van der Waals surface area contributed by atoms with Crippen molar-refractivity contribution in [1.29, 1.82) is 0 Å². The van der Waals surface area contributed by atoms with E-state index in [9.17, 15) is 0 Å². The van der Waals surface area contributed by atoms with E-state index in [0.29, 0.717) is 6.61 Å². The van der Waals surface area contributed by atoms with Gasteiger partial charge in [0.25, 0.3) is 0 Å². The number of ether oxygens (including phenoxy) is 1. The van der Waals surface area contributed by atoms with E-state index in [2.05, 4.69) is 23.2 Å². The Balaban J connectivity index is 2.16. The summed E-state index contributed by atoms with van der Waals surface area (Å²) >= 11 is 0. The van der Waals surface area contributed by atoms with E-state index in [-0.39, 0.29) is 6.61 Å². The molecule has 0 radical (unpaired) electrons. The van der Waals surface area contributed by atoms with Gasteiger partial charge in [-0.25, -0.2) is 0 Å². The monoisotopic (exact) mass is 271 g/mol. The quantitative estimate of drug-likeness (QED) is 0.841. The van der Waals surface area contributed by atoms with Crippen molar-refractivity contribution in [3.8, 4) is 5.75 Å². The highest BCUT2D eigenvalue weighted by Crippen LogP contribution is 2.23. The van der Waals surface area contributed by atoms with Crippen LogP contribution in [0.15, 0.2) is 42.6 Å². The van der Waals surface area contributed by atoms with Crippen molar-refractivity contribution in [2.24, 2.45) is 0 Å². The Kier molecular flexibility index (Phi) is 5.56. The lowest BCUT2D eigenvalue weighted by Gasteiger charge is -2.12. The largest absolute Gasteiger partial charge is 0.494 e. The third kappa shape index (κ3) is 4.07. The van der Waals surface area contributed by atoms with Crippen molar-refractivity contribution in [2.45, 2.75) is 26.2 Å². The van der Waals surface area contributed by atoms with Gasteiger partial charge in [-0.1, -0.05) is 18.2 Å². The Morgan fingerprint density at radius 3 is 2.80 bits per heavy atom. The SMILES string of the molecule is CCOc1cc(Cc2ccccn2)ccc1CCCO. The van der Waals surface area contributed by atoms with Gasteiger partial charge < -0.3 is 9.84 Å². The second-order valence-electron chi connectivity index (χ2n) is 4.70. The first-order valence-corrected chi connectivity index (χ1v) is 7.09. The first-order chi connectivity index (χ1) is 9.83. The Morgan fingerprint density at radius 1 is 1.20 bits per heavy atom. The standard InChI is InChI=1S/C17H21NO2/c1-2-20-17-13-14(8-9-15(17)6-5-11-19)12-16-7-3-4-10-18-16/h3-4,7-10,13,19H,2,5-6,11-12H2,1H3. The zero-order valence-corrected chi connectivity index (χ0v) is 11.9. The van der Waals surface area contributed by atoms with Crippen LogP contribution in [0.5, 0.6) is 5.75 Å². The van der Waals surface area contributed by atoms with Gasteiger partial charge in [-0.15, -0.1) is 0 Å². The predicted molar refractivity (Wildman–Crippen MR) is 80.1 cm³/mol. The van der Waals surface area contributed by atoms with Crippen LogP contribution in [0.2, 0.25) is 0 Å². The normalized spacial score (nSPS) is 10.5. The van der Waals surface area contributed by atoms with Crippen molar-refractivity contribution in [3.63, 3.8) is 0 Å². The molecule has 0 fully saturated rings. The Morgan fingerprint density at radius 2 is 2.10 bits per heavy atom.